The molecule has 0 spiro atoms. The number of rotatable bonds is 0. The van der Waals surface area contributed by atoms with E-state index in [4.69, 9.17) is 14.2 Å². The molecule has 6 heteroatoms. The standard InChI is InChI=1S/C48H43B2NO3/c1-46(2,3)26-18-19-34-29(20-26)41-44-32(49-30-14-10-12-16-36(30)52-38-22-27(47(4,5)6)21-35(42(38)49)51(34)44)25-33-45(41)54-40-24-28(48(7,8)9)23-39-43(40)50(33)31-15-11-13-17-37(31)53-39/h10-25H,1-9H3. The fourth-order valence-electron chi connectivity index (χ4n) is 9.52. The van der Waals surface area contributed by atoms with Crippen LogP contribution < -0.4 is 47.0 Å². The second-order valence-corrected chi connectivity index (χ2v) is 19.0. The summed E-state index contributed by atoms with van der Waals surface area (Å²) in [5.74, 6) is 5.50. The molecule has 6 aromatic carbocycles. The molecule has 0 unspecified atom stereocenters. The van der Waals surface area contributed by atoms with Gasteiger partial charge < -0.3 is 18.8 Å². The highest BCUT2D eigenvalue weighted by Gasteiger charge is 2.47. The number of benzene rings is 6. The van der Waals surface area contributed by atoms with Crippen LogP contribution >= 0.6 is 0 Å². The van der Waals surface area contributed by atoms with Gasteiger partial charge in [0.2, 0.25) is 0 Å². The third-order valence-corrected chi connectivity index (χ3v) is 12.4. The van der Waals surface area contributed by atoms with Gasteiger partial charge in [-0.05, 0) is 109 Å². The Hall–Kier alpha value is -5.35. The summed E-state index contributed by atoms with van der Waals surface area (Å²) >= 11 is 0. The van der Waals surface area contributed by atoms with Crippen molar-refractivity contribution in [2.75, 3.05) is 0 Å². The summed E-state index contributed by atoms with van der Waals surface area (Å²) in [5.41, 5.74) is 14.3. The van der Waals surface area contributed by atoms with Crippen LogP contribution in [-0.4, -0.2) is 18.0 Å². The molecule has 264 valence electrons. The molecule has 0 amide bonds. The van der Waals surface area contributed by atoms with Gasteiger partial charge >= 0.3 is 0 Å². The number of para-hydroxylation sites is 2. The summed E-state index contributed by atoms with van der Waals surface area (Å²) < 4.78 is 23.5. The van der Waals surface area contributed by atoms with Gasteiger partial charge in [-0.25, -0.2) is 0 Å². The third-order valence-electron chi connectivity index (χ3n) is 12.4. The lowest BCUT2D eigenvalue weighted by Crippen LogP contribution is -2.62. The number of hydrogen-bond acceptors (Lipinski definition) is 3. The average Bonchev–Trinajstić information content (AvgIpc) is 3.47. The van der Waals surface area contributed by atoms with E-state index in [-0.39, 0.29) is 29.7 Å². The fourth-order valence-corrected chi connectivity index (χ4v) is 9.52. The van der Waals surface area contributed by atoms with Gasteiger partial charge in [-0.3, -0.25) is 0 Å². The molecular formula is C48H43B2NO3. The van der Waals surface area contributed by atoms with Gasteiger partial charge in [-0.2, -0.15) is 0 Å². The second kappa shape index (κ2) is 10.2. The van der Waals surface area contributed by atoms with Crippen LogP contribution in [0.2, 0.25) is 0 Å². The van der Waals surface area contributed by atoms with E-state index < -0.39 is 0 Å². The topological polar surface area (TPSA) is 32.6 Å². The van der Waals surface area contributed by atoms with Crippen LogP contribution in [0.3, 0.4) is 0 Å². The van der Waals surface area contributed by atoms with Crippen molar-refractivity contribution in [3.05, 3.63) is 114 Å². The van der Waals surface area contributed by atoms with Gasteiger partial charge in [0.1, 0.15) is 34.5 Å². The highest BCUT2D eigenvalue weighted by atomic mass is 16.5. The normalized spacial score (nSPS) is 14.8. The molecule has 0 bridgehead atoms. The maximum absolute atomic E-state index is 7.38. The van der Waals surface area contributed by atoms with Crippen molar-refractivity contribution in [3.8, 4) is 40.2 Å². The molecule has 0 fully saturated rings. The highest BCUT2D eigenvalue weighted by molar-refractivity contribution is 7.02. The van der Waals surface area contributed by atoms with E-state index in [1.807, 2.05) is 0 Å². The average molecular weight is 704 g/mol. The quantitative estimate of drug-likeness (QED) is 0.149. The number of hydrogen-bond donors (Lipinski definition) is 0. The summed E-state index contributed by atoms with van der Waals surface area (Å²) in [6.45, 7) is 20.5. The monoisotopic (exact) mass is 703 g/mol. The summed E-state index contributed by atoms with van der Waals surface area (Å²) in [6.07, 6.45) is 0. The van der Waals surface area contributed by atoms with E-state index in [0.29, 0.717) is 0 Å². The first kappa shape index (κ1) is 32.1. The van der Waals surface area contributed by atoms with E-state index in [2.05, 4.69) is 164 Å². The molecule has 0 radical (unpaired) electrons. The number of aromatic nitrogens is 1. The van der Waals surface area contributed by atoms with Crippen molar-refractivity contribution < 1.29 is 14.2 Å². The Labute approximate surface area is 318 Å². The molecule has 4 aliphatic rings. The lowest BCUT2D eigenvalue weighted by atomic mass is 9.31. The molecule has 5 heterocycles. The molecule has 11 rings (SSSR count). The van der Waals surface area contributed by atoms with Crippen molar-refractivity contribution in [2.45, 2.75) is 78.6 Å². The van der Waals surface area contributed by atoms with Crippen LogP contribution in [-0.2, 0) is 16.2 Å². The van der Waals surface area contributed by atoms with Crippen LogP contribution in [0, 0.1) is 0 Å². The molecule has 4 aliphatic heterocycles. The smallest absolute Gasteiger partial charge is 0.260 e. The number of fused-ring (bicyclic) bond motifs is 12. The second-order valence-electron chi connectivity index (χ2n) is 19.0. The zero-order valence-corrected chi connectivity index (χ0v) is 32.6. The first-order valence-corrected chi connectivity index (χ1v) is 19.4. The van der Waals surface area contributed by atoms with Crippen LogP contribution in [0.25, 0.3) is 27.5 Å². The van der Waals surface area contributed by atoms with Gasteiger partial charge in [-0.15, -0.1) is 0 Å². The minimum absolute atomic E-state index is 0.0140. The van der Waals surface area contributed by atoms with Crippen LogP contribution in [0.1, 0.15) is 79.0 Å². The SMILES string of the molecule is CC(C)(C)c1cc2c3c(c1)Oc1c(cc4c5c1c1cc(C(C)(C)C)ccc1n5-c1cc(C(C)(C)C)cc5c1B4c1ccccc1O5)B3c1ccccc1O2. The maximum atomic E-state index is 7.38. The largest absolute Gasteiger partial charge is 0.458 e. The molecule has 0 saturated heterocycles. The van der Waals surface area contributed by atoms with Crippen molar-refractivity contribution in [3.63, 3.8) is 0 Å². The third kappa shape index (κ3) is 4.23. The Kier molecular flexibility index (Phi) is 6.09. The van der Waals surface area contributed by atoms with Crippen molar-refractivity contribution in [2.24, 2.45) is 0 Å². The van der Waals surface area contributed by atoms with E-state index in [0.717, 1.165) is 40.0 Å². The predicted octanol–water partition coefficient (Wildman–Crippen LogP) is 8.34. The molecule has 0 N–H and O–H groups in total. The molecule has 0 saturated carbocycles. The highest BCUT2D eigenvalue weighted by Crippen LogP contribution is 2.46. The lowest BCUT2D eigenvalue weighted by molar-refractivity contribution is 0.461. The molecule has 0 atom stereocenters. The Bertz CT molecular complexity index is 2830. The zero-order chi connectivity index (χ0) is 37.2. The summed E-state index contributed by atoms with van der Waals surface area (Å²) in [7, 11) is 0. The van der Waals surface area contributed by atoms with Crippen LogP contribution in [0.15, 0.2) is 97.1 Å². The van der Waals surface area contributed by atoms with E-state index >= 15 is 0 Å². The summed E-state index contributed by atoms with van der Waals surface area (Å²) in [5, 5.41) is 2.40. The van der Waals surface area contributed by atoms with Gasteiger partial charge in [-0.1, -0.05) is 111 Å². The lowest BCUT2D eigenvalue weighted by Gasteiger charge is -2.37. The maximum Gasteiger partial charge on any atom is 0.260 e. The Morgan fingerprint density at radius 2 is 1.00 bits per heavy atom. The molecule has 54 heavy (non-hydrogen) atoms. The van der Waals surface area contributed by atoms with Crippen molar-refractivity contribution in [1.29, 1.82) is 0 Å². The number of nitrogens with zero attached hydrogens (tertiary/aromatic N) is 1. The summed E-state index contributed by atoms with van der Waals surface area (Å²) in [6, 6.07) is 36.0. The zero-order valence-electron chi connectivity index (χ0n) is 32.6. The van der Waals surface area contributed by atoms with E-state index in [1.54, 1.807) is 0 Å². The molecular weight excluding hydrogens is 660 g/mol. The van der Waals surface area contributed by atoms with E-state index in [9.17, 15) is 0 Å². The Morgan fingerprint density at radius 1 is 0.463 bits per heavy atom. The molecule has 7 aromatic rings. The number of ether oxygens (including phenoxy) is 3. The minimum Gasteiger partial charge on any atom is -0.458 e. The Morgan fingerprint density at radius 3 is 1.61 bits per heavy atom. The van der Waals surface area contributed by atoms with Gasteiger partial charge in [0.25, 0.3) is 13.4 Å². The van der Waals surface area contributed by atoms with Gasteiger partial charge in [0, 0.05) is 21.9 Å². The molecule has 1 aromatic heterocycles. The van der Waals surface area contributed by atoms with E-state index in [1.165, 1.54) is 71.5 Å². The first-order valence-electron chi connectivity index (χ1n) is 19.4. The van der Waals surface area contributed by atoms with Crippen LogP contribution in [0.5, 0.6) is 34.5 Å². The first-order chi connectivity index (χ1) is 25.7. The van der Waals surface area contributed by atoms with Crippen molar-refractivity contribution in [1.82, 2.24) is 4.57 Å². The fraction of sp³-hybridized carbons (Fsp3) is 0.250. The van der Waals surface area contributed by atoms with Gasteiger partial charge in [0.05, 0.1) is 11.0 Å². The molecule has 0 aliphatic carbocycles. The Balaban J connectivity index is 1.34. The molecule has 4 nitrogen and oxygen atoms in total. The summed E-state index contributed by atoms with van der Waals surface area (Å²) in [4.78, 5) is 0. The predicted molar refractivity (Wildman–Crippen MR) is 226 cm³/mol. The van der Waals surface area contributed by atoms with Crippen molar-refractivity contribution >= 4 is 68.0 Å². The minimum atomic E-state index is -0.0920. The van der Waals surface area contributed by atoms with Crippen LogP contribution in [0.4, 0.5) is 0 Å². The van der Waals surface area contributed by atoms with Gasteiger partial charge in [0.15, 0.2) is 0 Å².